The van der Waals surface area contributed by atoms with Gasteiger partial charge in [0.1, 0.15) is 5.75 Å². The Kier molecular flexibility index (Phi) is 4.32. The lowest BCUT2D eigenvalue weighted by atomic mass is 10.1. The number of likely N-dealkylation sites (tertiary alicyclic amines) is 1. The molecule has 1 aromatic rings. The molecule has 23 heavy (non-hydrogen) atoms. The molecule has 2 atom stereocenters. The molecule has 0 bridgehead atoms. The number of amides is 3. The topological polar surface area (TPSA) is 75.7 Å². The van der Waals surface area contributed by atoms with Crippen molar-refractivity contribution in [1.82, 2.24) is 10.2 Å². The molecule has 2 fully saturated rings. The summed E-state index contributed by atoms with van der Waals surface area (Å²) in [6, 6.07) is 7.76. The largest absolute Gasteiger partial charge is 0.497 e. The molecule has 2 unspecified atom stereocenters. The molecule has 1 aliphatic carbocycles. The summed E-state index contributed by atoms with van der Waals surface area (Å²) in [5.74, 6) is 0.665. The van der Waals surface area contributed by atoms with E-state index in [1.54, 1.807) is 7.11 Å². The highest BCUT2D eigenvalue weighted by Crippen LogP contribution is 2.48. The standard InChI is InChI=1S/C17H20N2O4/c1-23-12-4-2-3-11(9-12)13-10-14(13)17(22)18-7-8-19-15(20)5-6-16(19)21/h2-4,9,13-14H,5-8,10H2,1H3,(H,18,22). The molecule has 0 spiro atoms. The van der Waals surface area contributed by atoms with E-state index < -0.39 is 0 Å². The average molecular weight is 316 g/mol. The van der Waals surface area contributed by atoms with E-state index in [-0.39, 0.29) is 48.9 Å². The molecule has 6 nitrogen and oxygen atoms in total. The molecular formula is C17H20N2O4. The van der Waals surface area contributed by atoms with E-state index in [2.05, 4.69) is 5.32 Å². The second-order valence-corrected chi connectivity index (χ2v) is 5.96. The molecule has 0 radical (unpaired) electrons. The van der Waals surface area contributed by atoms with Crippen molar-refractivity contribution in [3.63, 3.8) is 0 Å². The molecule has 1 saturated carbocycles. The summed E-state index contributed by atoms with van der Waals surface area (Å²) in [5.41, 5.74) is 1.11. The number of nitrogens with one attached hydrogen (secondary N) is 1. The molecule has 1 aliphatic heterocycles. The number of carbonyl (C=O) groups is 3. The predicted molar refractivity (Wildman–Crippen MR) is 82.8 cm³/mol. The summed E-state index contributed by atoms with van der Waals surface area (Å²) in [5, 5.41) is 2.82. The van der Waals surface area contributed by atoms with Gasteiger partial charge in [0.2, 0.25) is 17.7 Å². The fourth-order valence-corrected chi connectivity index (χ4v) is 3.02. The summed E-state index contributed by atoms with van der Waals surface area (Å²) in [7, 11) is 1.62. The zero-order valence-electron chi connectivity index (χ0n) is 13.1. The van der Waals surface area contributed by atoms with Crippen LogP contribution >= 0.6 is 0 Å². The van der Waals surface area contributed by atoms with Crippen molar-refractivity contribution in [3.8, 4) is 5.75 Å². The quantitative estimate of drug-likeness (QED) is 0.796. The molecular weight excluding hydrogens is 296 g/mol. The minimum atomic E-state index is -0.148. The van der Waals surface area contributed by atoms with E-state index in [0.29, 0.717) is 6.54 Å². The summed E-state index contributed by atoms with van der Waals surface area (Å²) in [4.78, 5) is 36.3. The molecule has 1 saturated heterocycles. The maximum absolute atomic E-state index is 12.1. The Morgan fingerprint density at radius 3 is 2.74 bits per heavy atom. The second kappa shape index (κ2) is 6.40. The molecule has 3 amide bonds. The molecule has 1 heterocycles. The van der Waals surface area contributed by atoms with Gasteiger partial charge >= 0.3 is 0 Å². The van der Waals surface area contributed by atoms with Crippen LogP contribution in [0.25, 0.3) is 0 Å². The fourth-order valence-electron chi connectivity index (χ4n) is 3.02. The molecule has 0 aromatic heterocycles. The van der Waals surface area contributed by atoms with Crippen molar-refractivity contribution in [2.75, 3.05) is 20.2 Å². The van der Waals surface area contributed by atoms with Gasteiger partial charge in [0, 0.05) is 31.8 Å². The van der Waals surface area contributed by atoms with Crippen molar-refractivity contribution in [2.24, 2.45) is 5.92 Å². The Labute approximate surface area is 134 Å². The van der Waals surface area contributed by atoms with Crippen LogP contribution in [0.1, 0.15) is 30.7 Å². The van der Waals surface area contributed by atoms with Crippen LogP contribution in [0.3, 0.4) is 0 Å². The van der Waals surface area contributed by atoms with Gasteiger partial charge in [-0.1, -0.05) is 12.1 Å². The van der Waals surface area contributed by atoms with Crippen LogP contribution in [0.2, 0.25) is 0 Å². The number of hydrogen-bond acceptors (Lipinski definition) is 4. The lowest BCUT2D eigenvalue weighted by Gasteiger charge is -2.14. The van der Waals surface area contributed by atoms with E-state index in [1.165, 1.54) is 4.90 Å². The SMILES string of the molecule is COc1cccc(C2CC2C(=O)NCCN2C(=O)CCC2=O)c1. The summed E-state index contributed by atoms with van der Waals surface area (Å²) < 4.78 is 5.20. The number of nitrogens with zero attached hydrogens (tertiary/aromatic N) is 1. The molecule has 1 aromatic carbocycles. The number of hydrogen-bond donors (Lipinski definition) is 1. The van der Waals surface area contributed by atoms with Gasteiger partial charge in [0.25, 0.3) is 0 Å². The number of ether oxygens (including phenoxy) is 1. The minimum Gasteiger partial charge on any atom is -0.497 e. The first-order valence-corrected chi connectivity index (χ1v) is 7.85. The second-order valence-electron chi connectivity index (χ2n) is 5.96. The highest BCUT2D eigenvalue weighted by molar-refractivity contribution is 6.01. The van der Waals surface area contributed by atoms with Crippen LogP contribution < -0.4 is 10.1 Å². The van der Waals surface area contributed by atoms with Crippen molar-refractivity contribution >= 4 is 17.7 Å². The number of benzene rings is 1. The summed E-state index contributed by atoms with van der Waals surface area (Å²) in [6.45, 7) is 0.581. The first-order chi connectivity index (χ1) is 11.1. The van der Waals surface area contributed by atoms with Gasteiger partial charge in [-0.2, -0.15) is 0 Å². The van der Waals surface area contributed by atoms with Crippen molar-refractivity contribution in [3.05, 3.63) is 29.8 Å². The maximum atomic E-state index is 12.1. The van der Waals surface area contributed by atoms with Crippen LogP contribution in [-0.4, -0.2) is 42.8 Å². The first kappa shape index (κ1) is 15.5. The monoisotopic (exact) mass is 316 g/mol. The fraction of sp³-hybridized carbons (Fsp3) is 0.471. The number of imide groups is 1. The maximum Gasteiger partial charge on any atom is 0.229 e. The predicted octanol–water partition coefficient (Wildman–Crippen LogP) is 1.06. The van der Waals surface area contributed by atoms with Crippen LogP contribution in [0, 0.1) is 5.92 Å². The van der Waals surface area contributed by atoms with Gasteiger partial charge < -0.3 is 10.1 Å². The highest BCUT2D eigenvalue weighted by atomic mass is 16.5. The Balaban J connectivity index is 1.47. The Hall–Kier alpha value is -2.37. The molecule has 122 valence electrons. The third kappa shape index (κ3) is 3.36. The van der Waals surface area contributed by atoms with Crippen LogP contribution in [0.4, 0.5) is 0 Å². The van der Waals surface area contributed by atoms with Crippen LogP contribution in [0.5, 0.6) is 5.75 Å². The van der Waals surface area contributed by atoms with Crippen molar-refractivity contribution in [1.29, 1.82) is 0 Å². The molecule has 3 rings (SSSR count). The first-order valence-electron chi connectivity index (χ1n) is 7.85. The average Bonchev–Trinajstić information content (AvgIpc) is 3.31. The zero-order valence-corrected chi connectivity index (χ0v) is 13.1. The number of carbonyl (C=O) groups excluding carboxylic acids is 3. The van der Waals surface area contributed by atoms with Gasteiger partial charge in [-0.15, -0.1) is 0 Å². The van der Waals surface area contributed by atoms with E-state index in [4.69, 9.17) is 4.74 Å². The van der Waals surface area contributed by atoms with Gasteiger partial charge in [-0.25, -0.2) is 0 Å². The lowest BCUT2D eigenvalue weighted by Crippen LogP contribution is -2.38. The molecule has 1 N–H and O–H groups in total. The Morgan fingerprint density at radius 1 is 1.30 bits per heavy atom. The van der Waals surface area contributed by atoms with E-state index in [0.717, 1.165) is 17.7 Å². The van der Waals surface area contributed by atoms with Gasteiger partial charge in [-0.05, 0) is 30.0 Å². The van der Waals surface area contributed by atoms with Gasteiger partial charge in [0.15, 0.2) is 0 Å². The summed E-state index contributed by atoms with van der Waals surface area (Å²) >= 11 is 0. The van der Waals surface area contributed by atoms with Crippen molar-refractivity contribution in [2.45, 2.75) is 25.2 Å². The normalized spacial score (nSPS) is 23.1. The Morgan fingerprint density at radius 2 is 2.04 bits per heavy atom. The third-order valence-electron chi connectivity index (χ3n) is 4.44. The van der Waals surface area contributed by atoms with Crippen molar-refractivity contribution < 1.29 is 19.1 Å². The lowest BCUT2D eigenvalue weighted by molar-refractivity contribution is -0.138. The Bertz CT molecular complexity index is 627. The zero-order chi connectivity index (χ0) is 16.4. The van der Waals surface area contributed by atoms with E-state index in [1.807, 2.05) is 24.3 Å². The molecule has 6 heteroatoms. The van der Waals surface area contributed by atoms with E-state index in [9.17, 15) is 14.4 Å². The van der Waals surface area contributed by atoms with E-state index >= 15 is 0 Å². The minimum absolute atomic E-state index is 0.0167. The molecule has 2 aliphatic rings. The van der Waals surface area contributed by atoms with Gasteiger partial charge in [0.05, 0.1) is 7.11 Å². The van der Waals surface area contributed by atoms with Gasteiger partial charge in [-0.3, -0.25) is 19.3 Å². The smallest absolute Gasteiger partial charge is 0.229 e. The summed E-state index contributed by atoms with van der Waals surface area (Å²) in [6.07, 6.45) is 1.39. The van der Waals surface area contributed by atoms with Crippen LogP contribution in [0.15, 0.2) is 24.3 Å². The number of rotatable bonds is 6. The highest BCUT2D eigenvalue weighted by Gasteiger charge is 2.44. The number of methoxy groups -OCH3 is 1. The van der Waals surface area contributed by atoms with Crippen LogP contribution in [-0.2, 0) is 14.4 Å². The third-order valence-corrected chi connectivity index (χ3v) is 4.44.